The number of H-pyrrole nitrogens is 1. The van der Waals surface area contributed by atoms with Gasteiger partial charge in [-0.1, -0.05) is 12.2 Å². The van der Waals surface area contributed by atoms with Crippen LogP contribution in [0.25, 0.3) is 0 Å². The van der Waals surface area contributed by atoms with E-state index < -0.39 is 24.0 Å². The van der Waals surface area contributed by atoms with Gasteiger partial charge in [0.1, 0.15) is 11.3 Å². The number of aliphatic hydroxyl groups excluding tert-OH is 1. The lowest BCUT2D eigenvalue weighted by Gasteiger charge is -2.35. The molecule has 0 bridgehead atoms. The van der Waals surface area contributed by atoms with Crippen molar-refractivity contribution < 1.29 is 23.4 Å². The van der Waals surface area contributed by atoms with Gasteiger partial charge in [0.2, 0.25) is 0 Å². The van der Waals surface area contributed by atoms with Crippen molar-refractivity contribution in [3.63, 3.8) is 0 Å². The van der Waals surface area contributed by atoms with Gasteiger partial charge in [-0.25, -0.2) is 4.79 Å². The van der Waals surface area contributed by atoms with Gasteiger partial charge in [0, 0.05) is 30.1 Å². The fourth-order valence-electron chi connectivity index (χ4n) is 2.87. The molecule has 1 atom stereocenters. The zero-order valence-electron chi connectivity index (χ0n) is 15.7. The molecule has 0 saturated heterocycles. The SMILES string of the molecule is C=C(CO)CCC(F)(F)c1n[nH]c2c1CN(C(=O)OC(C)(C)C)[C@H](C)C2. The van der Waals surface area contributed by atoms with Crippen molar-refractivity contribution in [2.45, 2.75) is 71.1 Å². The van der Waals surface area contributed by atoms with Crippen LogP contribution in [0.15, 0.2) is 12.2 Å². The maximum absolute atomic E-state index is 14.6. The van der Waals surface area contributed by atoms with E-state index in [2.05, 4.69) is 16.8 Å². The van der Waals surface area contributed by atoms with Gasteiger partial charge >= 0.3 is 6.09 Å². The smallest absolute Gasteiger partial charge is 0.410 e. The minimum atomic E-state index is -3.18. The number of ether oxygens (including phenoxy) is 1. The molecule has 0 saturated carbocycles. The first kappa shape index (κ1) is 20.4. The predicted molar refractivity (Wildman–Crippen MR) is 92.9 cm³/mol. The predicted octanol–water partition coefficient (Wildman–Crippen LogP) is 3.51. The summed E-state index contributed by atoms with van der Waals surface area (Å²) in [6.07, 6.45) is -0.621. The summed E-state index contributed by atoms with van der Waals surface area (Å²) in [6, 6.07) is -0.187. The number of amides is 1. The number of aliphatic hydroxyl groups is 1. The van der Waals surface area contributed by atoms with Gasteiger partial charge in [0.25, 0.3) is 5.92 Å². The number of hydrogen-bond donors (Lipinski definition) is 2. The number of carbonyl (C=O) groups excluding carboxylic acids is 1. The average Bonchev–Trinajstić information content (AvgIpc) is 2.93. The number of fused-ring (bicyclic) bond motifs is 1. The Bertz CT molecular complexity index is 680. The van der Waals surface area contributed by atoms with E-state index in [4.69, 9.17) is 9.84 Å². The zero-order chi connectivity index (χ0) is 19.7. The molecular weight excluding hydrogens is 344 g/mol. The Morgan fingerprint density at radius 3 is 2.69 bits per heavy atom. The average molecular weight is 371 g/mol. The summed E-state index contributed by atoms with van der Waals surface area (Å²) in [6.45, 7) is 10.4. The molecule has 1 aliphatic heterocycles. The summed E-state index contributed by atoms with van der Waals surface area (Å²) < 4.78 is 34.6. The van der Waals surface area contributed by atoms with Crippen molar-refractivity contribution in [3.05, 3.63) is 29.1 Å². The van der Waals surface area contributed by atoms with E-state index in [1.807, 2.05) is 6.92 Å². The molecule has 26 heavy (non-hydrogen) atoms. The second-order valence-corrected chi connectivity index (χ2v) is 7.80. The van der Waals surface area contributed by atoms with Crippen molar-refractivity contribution in [1.82, 2.24) is 15.1 Å². The molecule has 1 aromatic heterocycles. The van der Waals surface area contributed by atoms with Gasteiger partial charge in [-0.2, -0.15) is 13.9 Å². The molecule has 8 heteroatoms. The second kappa shape index (κ2) is 7.34. The highest BCUT2D eigenvalue weighted by atomic mass is 19.3. The van der Waals surface area contributed by atoms with Crippen LogP contribution < -0.4 is 0 Å². The first-order valence-corrected chi connectivity index (χ1v) is 8.66. The van der Waals surface area contributed by atoms with E-state index in [0.29, 0.717) is 23.3 Å². The van der Waals surface area contributed by atoms with Gasteiger partial charge in [0.15, 0.2) is 0 Å². The third-order valence-corrected chi connectivity index (χ3v) is 4.30. The highest BCUT2D eigenvalue weighted by Gasteiger charge is 2.41. The van der Waals surface area contributed by atoms with E-state index in [9.17, 15) is 13.6 Å². The molecule has 146 valence electrons. The number of alkyl halides is 2. The fourth-order valence-corrected chi connectivity index (χ4v) is 2.87. The lowest BCUT2D eigenvalue weighted by molar-refractivity contribution is -0.0206. The third kappa shape index (κ3) is 4.60. The lowest BCUT2D eigenvalue weighted by Crippen LogP contribution is -2.45. The molecule has 1 amide bonds. The Labute approximate surface area is 152 Å². The number of hydrogen-bond acceptors (Lipinski definition) is 4. The Balaban J connectivity index is 2.22. The Kier molecular flexibility index (Phi) is 5.75. The van der Waals surface area contributed by atoms with Gasteiger partial charge < -0.3 is 14.7 Å². The first-order chi connectivity index (χ1) is 11.9. The molecule has 0 unspecified atom stereocenters. The number of halogens is 2. The number of rotatable bonds is 5. The summed E-state index contributed by atoms with van der Waals surface area (Å²) >= 11 is 0. The summed E-state index contributed by atoms with van der Waals surface area (Å²) in [5.41, 5.74) is 0.295. The van der Waals surface area contributed by atoms with Crippen LogP contribution in [0, 0.1) is 0 Å². The van der Waals surface area contributed by atoms with Crippen LogP contribution in [0.4, 0.5) is 13.6 Å². The van der Waals surface area contributed by atoms with E-state index in [-0.39, 0.29) is 31.3 Å². The number of aromatic nitrogens is 2. The molecule has 6 nitrogen and oxygen atoms in total. The maximum atomic E-state index is 14.6. The first-order valence-electron chi connectivity index (χ1n) is 8.66. The van der Waals surface area contributed by atoms with E-state index in [1.54, 1.807) is 20.8 Å². The fraction of sp³-hybridized carbons (Fsp3) is 0.667. The number of nitrogens with one attached hydrogen (secondary N) is 1. The van der Waals surface area contributed by atoms with Gasteiger partial charge in [-0.3, -0.25) is 5.10 Å². The van der Waals surface area contributed by atoms with Crippen LogP contribution in [-0.2, 0) is 23.6 Å². The minimum Gasteiger partial charge on any atom is -0.444 e. The highest BCUT2D eigenvalue weighted by Crippen LogP contribution is 2.38. The summed E-state index contributed by atoms with van der Waals surface area (Å²) in [4.78, 5) is 13.9. The largest absolute Gasteiger partial charge is 0.444 e. The molecule has 2 N–H and O–H groups in total. The Hall–Kier alpha value is -1.96. The zero-order valence-corrected chi connectivity index (χ0v) is 15.7. The summed E-state index contributed by atoms with van der Waals surface area (Å²) in [7, 11) is 0. The van der Waals surface area contributed by atoms with Gasteiger partial charge in [-0.15, -0.1) is 0 Å². The van der Waals surface area contributed by atoms with Crippen LogP contribution in [0.3, 0.4) is 0 Å². The molecule has 2 rings (SSSR count). The van der Waals surface area contributed by atoms with Crippen LogP contribution in [-0.4, -0.2) is 44.5 Å². The van der Waals surface area contributed by atoms with Crippen molar-refractivity contribution in [3.8, 4) is 0 Å². The number of carbonyl (C=O) groups is 1. The molecule has 1 aliphatic rings. The minimum absolute atomic E-state index is 0.00266. The molecule has 0 aliphatic carbocycles. The Morgan fingerprint density at radius 2 is 2.12 bits per heavy atom. The topological polar surface area (TPSA) is 78.5 Å². The summed E-state index contributed by atoms with van der Waals surface area (Å²) in [5, 5.41) is 15.5. The van der Waals surface area contributed by atoms with Crippen LogP contribution in [0.2, 0.25) is 0 Å². The maximum Gasteiger partial charge on any atom is 0.410 e. The van der Waals surface area contributed by atoms with E-state index in [0.717, 1.165) is 0 Å². The van der Waals surface area contributed by atoms with Gasteiger partial charge in [-0.05, 0) is 34.1 Å². The quantitative estimate of drug-likeness (QED) is 0.777. The second-order valence-electron chi connectivity index (χ2n) is 7.80. The molecular formula is C18H27F2N3O3. The van der Waals surface area contributed by atoms with Crippen LogP contribution in [0.1, 0.15) is 57.5 Å². The lowest BCUT2D eigenvalue weighted by atomic mass is 9.96. The molecule has 0 fully saturated rings. The number of nitrogens with zero attached hydrogens (tertiary/aromatic N) is 2. The Morgan fingerprint density at radius 1 is 1.46 bits per heavy atom. The number of aromatic amines is 1. The molecule has 1 aromatic rings. The molecule has 0 aromatic carbocycles. The summed E-state index contributed by atoms with van der Waals surface area (Å²) in [5.74, 6) is -3.18. The van der Waals surface area contributed by atoms with E-state index >= 15 is 0 Å². The monoisotopic (exact) mass is 371 g/mol. The third-order valence-electron chi connectivity index (χ3n) is 4.30. The van der Waals surface area contributed by atoms with Gasteiger partial charge in [0.05, 0.1) is 13.2 Å². The van der Waals surface area contributed by atoms with Crippen molar-refractivity contribution in [2.75, 3.05) is 6.61 Å². The van der Waals surface area contributed by atoms with Crippen LogP contribution in [0.5, 0.6) is 0 Å². The molecule has 0 radical (unpaired) electrons. The normalized spacial score (nSPS) is 17.8. The molecule has 2 heterocycles. The van der Waals surface area contributed by atoms with E-state index in [1.165, 1.54) is 4.90 Å². The van der Waals surface area contributed by atoms with Crippen molar-refractivity contribution >= 4 is 6.09 Å². The van der Waals surface area contributed by atoms with Crippen LogP contribution >= 0.6 is 0 Å². The van der Waals surface area contributed by atoms with Crippen molar-refractivity contribution in [2.24, 2.45) is 0 Å². The molecule has 0 spiro atoms. The highest BCUT2D eigenvalue weighted by molar-refractivity contribution is 5.69. The standard InChI is InChI=1S/C18H27F2N3O3/c1-11(10-24)6-7-18(19,20)15-13-9-23(16(25)26-17(3,4)5)12(2)8-14(13)21-22-15/h12,24H,1,6-10H2,2-5H3,(H,21,22)/t12-/m1/s1. The van der Waals surface area contributed by atoms with Crippen molar-refractivity contribution in [1.29, 1.82) is 0 Å².